The topological polar surface area (TPSA) is 36.4 Å². The first-order valence-electron chi connectivity index (χ1n) is 7.11. The van der Waals surface area contributed by atoms with Crippen molar-refractivity contribution in [2.24, 2.45) is 5.92 Å². The summed E-state index contributed by atoms with van der Waals surface area (Å²) in [6, 6.07) is 6.09. The van der Waals surface area contributed by atoms with Crippen molar-refractivity contribution in [3.8, 4) is 0 Å². The van der Waals surface area contributed by atoms with Gasteiger partial charge in [-0.3, -0.25) is 9.88 Å². The van der Waals surface area contributed by atoms with Gasteiger partial charge in [-0.1, -0.05) is 18.9 Å². The number of hydrogen-bond donors (Lipinski definition) is 1. The number of likely N-dealkylation sites (tertiary alicyclic amines) is 1. The number of aromatic nitrogens is 1. The first kappa shape index (κ1) is 12.1. The molecule has 2 aliphatic rings. The summed E-state index contributed by atoms with van der Waals surface area (Å²) >= 11 is 0. The van der Waals surface area contributed by atoms with Crippen LogP contribution < -0.4 is 0 Å². The fourth-order valence-corrected chi connectivity index (χ4v) is 3.50. The van der Waals surface area contributed by atoms with Crippen LogP contribution >= 0.6 is 0 Å². The van der Waals surface area contributed by atoms with Gasteiger partial charge in [0, 0.05) is 31.7 Å². The Hall–Kier alpha value is -0.930. The molecule has 18 heavy (non-hydrogen) atoms. The van der Waals surface area contributed by atoms with Gasteiger partial charge in [0.15, 0.2) is 0 Å². The van der Waals surface area contributed by atoms with Crippen LogP contribution in [0.2, 0.25) is 0 Å². The molecule has 1 aliphatic carbocycles. The molecule has 3 nitrogen and oxygen atoms in total. The molecule has 3 heteroatoms. The molecule has 1 saturated carbocycles. The van der Waals surface area contributed by atoms with Crippen LogP contribution in [0.5, 0.6) is 0 Å². The number of pyridine rings is 1. The molecule has 0 spiro atoms. The van der Waals surface area contributed by atoms with Gasteiger partial charge in [0.05, 0.1) is 11.3 Å². The third-order valence-corrected chi connectivity index (χ3v) is 4.62. The largest absolute Gasteiger partial charge is 0.390 e. The Labute approximate surface area is 109 Å². The third-order valence-electron chi connectivity index (χ3n) is 4.62. The summed E-state index contributed by atoms with van der Waals surface area (Å²) in [7, 11) is 0. The standard InChI is InChI=1S/C15H22N2O/c18-15-7-3-1-5-13(15)11-17(10-8-15)12-14-6-2-4-9-16-14/h2,4,6,9,13,18H,1,3,5,7-8,10-12H2/t13-,15+/m1/s1. The summed E-state index contributed by atoms with van der Waals surface area (Å²) < 4.78 is 0. The van der Waals surface area contributed by atoms with Crippen molar-refractivity contribution < 1.29 is 5.11 Å². The fraction of sp³-hybridized carbons (Fsp3) is 0.667. The van der Waals surface area contributed by atoms with Crippen molar-refractivity contribution in [3.63, 3.8) is 0 Å². The third kappa shape index (κ3) is 2.43. The van der Waals surface area contributed by atoms with Crippen LogP contribution in [0.25, 0.3) is 0 Å². The van der Waals surface area contributed by atoms with Crippen LogP contribution in [0.1, 0.15) is 37.8 Å². The predicted molar refractivity (Wildman–Crippen MR) is 71.0 cm³/mol. The van der Waals surface area contributed by atoms with Gasteiger partial charge < -0.3 is 5.11 Å². The van der Waals surface area contributed by atoms with E-state index in [1.54, 1.807) is 0 Å². The molecule has 0 radical (unpaired) electrons. The van der Waals surface area contributed by atoms with E-state index >= 15 is 0 Å². The molecule has 1 aromatic rings. The second kappa shape index (κ2) is 4.98. The molecular formula is C15H22N2O. The molecule has 2 fully saturated rings. The molecule has 98 valence electrons. The van der Waals surface area contributed by atoms with Crippen molar-refractivity contribution >= 4 is 0 Å². The van der Waals surface area contributed by atoms with Crippen molar-refractivity contribution in [2.75, 3.05) is 13.1 Å². The fourth-order valence-electron chi connectivity index (χ4n) is 3.50. The minimum absolute atomic E-state index is 0.362. The van der Waals surface area contributed by atoms with Gasteiger partial charge in [-0.25, -0.2) is 0 Å². The van der Waals surface area contributed by atoms with Gasteiger partial charge in [0.2, 0.25) is 0 Å². The maximum atomic E-state index is 10.6. The first-order valence-corrected chi connectivity index (χ1v) is 7.11. The Kier molecular flexibility index (Phi) is 3.35. The molecule has 2 atom stereocenters. The summed E-state index contributed by atoms with van der Waals surface area (Å²) in [4.78, 5) is 6.84. The SMILES string of the molecule is O[C@]12CCCC[C@@H]1CN(Cc1ccccn1)CC2. The molecule has 0 unspecified atom stereocenters. The molecule has 1 N–H and O–H groups in total. The first-order chi connectivity index (χ1) is 8.76. The number of aliphatic hydroxyl groups is 1. The average molecular weight is 246 g/mol. The molecule has 1 saturated heterocycles. The molecular weight excluding hydrogens is 224 g/mol. The van der Waals surface area contributed by atoms with Gasteiger partial charge in [-0.05, 0) is 31.4 Å². The van der Waals surface area contributed by atoms with Gasteiger partial charge in [0.1, 0.15) is 0 Å². The van der Waals surface area contributed by atoms with E-state index < -0.39 is 0 Å². The second-order valence-corrected chi connectivity index (χ2v) is 5.85. The molecule has 0 bridgehead atoms. The lowest BCUT2D eigenvalue weighted by Crippen LogP contribution is -2.53. The molecule has 0 amide bonds. The lowest BCUT2D eigenvalue weighted by atomic mass is 9.71. The second-order valence-electron chi connectivity index (χ2n) is 5.85. The van der Waals surface area contributed by atoms with Gasteiger partial charge in [-0.2, -0.15) is 0 Å². The van der Waals surface area contributed by atoms with E-state index in [0.717, 1.165) is 38.2 Å². The maximum Gasteiger partial charge on any atom is 0.0700 e. The highest BCUT2D eigenvalue weighted by Crippen LogP contribution is 2.39. The van der Waals surface area contributed by atoms with Crippen LogP contribution in [-0.4, -0.2) is 33.7 Å². The summed E-state index contributed by atoms with van der Waals surface area (Å²) in [6.45, 7) is 2.96. The Morgan fingerprint density at radius 3 is 3.11 bits per heavy atom. The van der Waals surface area contributed by atoms with E-state index in [2.05, 4.69) is 16.0 Å². The van der Waals surface area contributed by atoms with E-state index in [1.807, 2.05) is 18.3 Å². The Bertz CT molecular complexity index is 395. The van der Waals surface area contributed by atoms with Crippen molar-refractivity contribution in [1.82, 2.24) is 9.88 Å². The number of hydrogen-bond acceptors (Lipinski definition) is 3. The molecule has 0 aromatic carbocycles. The van der Waals surface area contributed by atoms with Crippen LogP contribution in [0, 0.1) is 5.92 Å². The number of piperidine rings is 1. The highest BCUT2D eigenvalue weighted by molar-refractivity contribution is 5.04. The normalized spacial score (nSPS) is 33.1. The van der Waals surface area contributed by atoms with Crippen molar-refractivity contribution in [2.45, 2.75) is 44.2 Å². The van der Waals surface area contributed by atoms with Crippen LogP contribution in [0.4, 0.5) is 0 Å². The summed E-state index contributed by atoms with van der Waals surface area (Å²) in [5.74, 6) is 0.476. The Morgan fingerprint density at radius 2 is 2.28 bits per heavy atom. The van der Waals surface area contributed by atoms with Gasteiger partial charge in [0.25, 0.3) is 0 Å². The molecule has 1 aliphatic heterocycles. The van der Waals surface area contributed by atoms with Gasteiger partial charge >= 0.3 is 0 Å². The summed E-state index contributed by atoms with van der Waals surface area (Å²) in [5, 5.41) is 10.6. The van der Waals surface area contributed by atoms with Crippen LogP contribution in [0.3, 0.4) is 0 Å². The average Bonchev–Trinajstić information content (AvgIpc) is 2.40. The molecule has 2 heterocycles. The summed E-state index contributed by atoms with van der Waals surface area (Å²) in [5.41, 5.74) is 0.775. The zero-order valence-electron chi connectivity index (χ0n) is 10.9. The lowest BCUT2D eigenvalue weighted by Gasteiger charge is -2.47. The van der Waals surface area contributed by atoms with E-state index in [9.17, 15) is 5.11 Å². The minimum Gasteiger partial charge on any atom is -0.390 e. The monoisotopic (exact) mass is 246 g/mol. The molecule has 1 aromatic heterocycles. The zero-order valence-corrected chi connectivity index (χ0v) is 10.9. The van der Waals surface area contributed by atoms with E-state index in [0.29, 0.717) is 5.92 Å². The minimum atomic E-state index is -0.362. The molecule has 3 rings (SSSR count). The van der Waals surface area contributed by atoms with E-state index in [1.165, 1.54) is 19.3 Å². The van der Waals surface area contributed by atoms with E-state index in [4.69, 9.17) is 0 Å². The number of fused-ring (bicyclic) bond motifs is 1. The van der Waals surface area contributed by atoms with E-state index in [-0.39, 0.29) is 5.60 Å². The van der Waals surface area contributed by atoms with Crippen LogP contribution in [-0.2, 0) is 6.54 Å². The zero-order chi connectivity index (χ0) is 12.4. The smallest absolute Gasteiger partial charge is 0.0700 e. The maximum absolute atomic E-state index is 10.6. The Balaban J connectivity index is 1.63. The lowest BCUT2D eigenvalue weighted by molar-refractivity contribution is -0.0969. The highest BCUT2D eigenvalue weighted by atomic mass is 16.3. The number of rotatable bonds is 2. The quantitative estimate of drug-likeness (QED) is 0.869. The highest BCUT2D eigenvalue weighted by Gasteiger charge is 2.42. The predicted octanol–water partition coefficient (Wildman–Crippen LogP) is 2.21. The summed E-state index contributed by atoms with van der Waals surface area (Å²) in [6.07, 6.45) is 7.47. The number of nitrogens with zero attached hydrogens (tertiary/aromatic N) is 2. The van der Waals surface area contributed by atoms with Gasteiger partial charge in [-0.15, -0.1) is 0 Å². The van der Waals surface area contributed by atoms with Crippen molar-refractivity contribution in [1.29, 1.82) is 0 Å². The van der Waals surface area contributed by atoms with Crippen LogP contribution in [0.15, 0.2) is 24.4 Å². The van der Waals surface area contributed by atoms with Crippen molar-refractivity contribution in [3.05, 3.63) is 30.1 Å². The Morgan fingerprint density at radius 1 is 1.33 bits per heavy atom.